The highest BCUT2D eigenvalue weighted by molar-refractivity contribution is 6.37. The lowest BCUT2D eigenvalue weighted by atomic mass is 9.73. The van der Waals surface area contributed by atoms with Crippen LogP contribution < -0.4 is 4.74 Å². The molecule has 2 aliphatic heterocycles. The normalized spacial score (nSPS) is 17.3. The number of hydrogen-bond acceptors (Lipinski definition) is 5. The zero-order valence-electron chi connectivity index (χ0n) is 19.4. The van der Waals surface area contributed by atoms with Gasteiger partial charge in [-0.2, -0.15) is 4.98 Å². The molecule has 0 spiro atoms. The van der Waals surface area contributed by atoms with Gasteiger partial charge in [-0.25, -0.2) is 4.98 Å². The molecule has 0 saturated carbocycles. The van der Waals surface area contributed by atoms with Crippen LogP contribution in [0.2, 0.25) is 10.3 Å². The molecule has 2 aliphatic rings. The molecule has 8 heteroatoms. The number of para-hydroxylation sites is 1. The maximum atomic E-state index is 6.75. The molecule has 5 heterocycles. The van der Waals surface area contributed by atoms with E-state index >= 15 is 0 Å². The van der Waals surface area contributed by atoms with Crippen LogP contribution >= 0.6 is 23.2 Å². The van der Waals surface area contributed by atoms with E-state index in [9.17, 15) is 0 Å². The average Bonchev–Trinajstić information content (AvgIpc) is 3.66. The van der Waals surface area contributed by atoms with Gasteiger partial charge in [-0.1, -0.05) is 83.9 Å². The first-order valence-corrected chi connectivity index (χ1v) is 12.6. The molecule has 0 amide bonds. The first-order chi connectivity index (χ1) is 18.1. The molecule has 0 radical (unpaired) electrons. The Morgan fingerprint density at radius 1 is 0.892 bits per heavy atom. The van der Waals surface area contributed by atoms with Crippen LogP contribution in [0.15, 0.2) is 75.6 Å². The number of aryl methyl sites for hydroxylation is 1. The Morgan fingerprint density at radius 3 is 2.57 bits per heavy atom. The van der Waals surface area contributed by atoms with Crippen molar-refractivity contribution < 1.29 is 13.6 Å². The van der Waals surface area contributed by atoms with Crippen LogP contribution in [0.5, 0.6) is 5.75 Å². The maximum Gasteiger partial charge on any atom is 0.250 e. The molecule has 3 aromatic heterocycles. The smallest absolute Gasteiger partial charge is 0.250 e. The lowest BCUT2D eigenvalue weighted by molar-refractivity contribution is 0.289. The van der Waals surface area contributed by atoms with E-state index in [1.165, 1.54) is 0 Å². The monoisotopic (exact) mass is 525 g/mol. The third kappa shape index (κ3) is 2.66. The number of aromatic amines is 1. The predicted molar refractivity (Wildman–Crippen MR) is 141 cm³/mol. The van der Waals surface area contributed by atoms with Crippen molar-refractivity contribution in [3.05, 3.63) is 99.8 Å². The first-order valence-electron chi connectivity index (χ1n) is 11.8. The molecule has 0 fully saturated rings. The summed E-state index contributed by atoms with van der Waals surface area (Å²) in [5, 5.41) is 1.49. The van der Waals surface area contributed by atoms with Crippen LogP contribution in [-0.4, -0.2) is 21.6 Å². The molecule has 1 N–H and O–H groups in total. The minimum atomic E-state index is -0.782. The highest BCUT2D eigenvalue weighted by atomic mass is 35.5. The largest absolute Gasteiger partial charge is 0.491 e. The highest BCUT2D eigenvalue weighted by Gasteiger charge is 2.50. The fourth-order valence-electron chi connectivity index (χ4n) is 5.85. The van der Waals surface area contributed by atoms with Gasteiger partial charge in [-0.05, 0) is 17.2 Å². The summed E-state index contributed by atoms with van der Waals surface area (Å²) in [6, 6.07) is 22.4. The van der Waals surface area contributed by atoms with Gasteiger partial charge in [0, 0.05) is 29.0 Å². The number of nitrogens with zero attached hydrogens (tertiary/aromatic N) is 2. The summed E-state index contributed by atoms with van der Waals surface area (Å²) in [6.07, 6.45) is 0. The number of benzene rings is 3. The van der Waals surface area contributed by atoms with Crippen LogP contribution in [0.1, 0.15) is 22.8 Å². The van der Waals surface area contributed by atoms with E-state index in [-0.39, 0.29) is 11.0 Å². The second-order valence-electron chi connectivity index (χ2n) is 9.33. The fourth-order valence-corrected chi connectivity index (χ4v) is 6.34. The zero-order valence-corrected chi connectivity index (χ0v) is 20.9. The molecule has 6 nitrogen and oxygen atoms in total. The van der Waals surface area contributed by atoms with E-state index in [4.69, 9.17) is 41.8 Å². The number of fused-ring (bicyclic) bond motifs is 7. The van der Waals surface area contributed by atoms with Gasteiger partial charge >= 0.3 is 0 Å². The lowest BCUT2D eigenvalue weighted by Crippen LogP contribution is -2.31. The van der Waals surface area contributed by atoms with Gasteiger partial charge < -0.3 is 18.6 Å². The molecule has 37 heavy (non-hydrogen) atoms. The van der Waals surface area contributed by atoms with Gasteiger partial charge in [-0.3, -0.25) is 0 Å². The molecule has 0 saturated heterocycles. The molecule has 0 aliphatic carbocycles. The van der Waals surface area contributed by atoms with Gasteiger partial charge in [0.05, 0.1) is 5.56 Å². The Morgan fingerprint density at radius 2 is 1.70 bits per heavy atom. The van der Waals surface area contributed by atoms with Crippen LogP contribution in [0, 0.1) is 6.92 Å². The molecule has 6 aromatic rings. The van der Waals surface area contributed by atoms with Crippen molar-refractivity contribution in [1.29, 1.82) is 0 Å². The van der Waals surface area contributed by atoms with Gasteiger partial charge in [0.2, 0.25) is 0 Å². The summed E-state index contributed by atoms with van der Waals surface area (Å²) in [5.41, 5.74) is 5.07. The van der Waals surface area contributed by atoms with Gasteiger partial charge in [0.15, 0.2) is 28.3 Å². The summed E-state index contributed by atoms with van der Waals surface area (Å²) in [6.45, 7) is 2.13. The number of halogens is 2. The van der Waals surface area contributed by atoms with Crippen molar-refractivity contribution in [1.82, 2.24) is 15.0 Å². The first kappa shape index (κ1) is 21.1. The molecular weight excluding hydrogens is 509 g/mol. The molecule has 8 rings (SSSR count). The minimum Gasteiger partial charge on any atom is -0.491 e. The summed E-state index contributed by atoms with van der Waals surface area (Å²) < 4.78 is 19.3. The van der Waals surface area contributed by atoms with Crippen molar-refractivity contribution in [3.63, 3.8) is 0 Å². The van der Waals surface area contributed by atoms with Gasteiger partial charge in [0.1, 0.15) is 22.9 Å². The van der Waals surface area contributed by atoms with Crippen LogP contribution in [0.25, 0.3) is 44.9 Å². The summed E-state index contributed by atoms with van der Waals surface area (Å²) in [5.74, 6) is 2.50. The molecule has 3 aromatic carbocycles. The van der Waals surface area contributed by atoms with Crippen LogP contribution in [-0.2, 0) is 5.41 Å². The Kier molecular flexibility index (Phi) is 4.15. The fraction of sp³-hybridized carbons (Fsp3) is 0.103. The Bertz CT molecular complexity index is 1890. The van der Waals surface area contributed by atoms with E-state index in [1.807, 2.05) is 37.3 Å². The summed E-state index contributed by atoms with van der Waals surface area (Å²) in [4.78, 5) is 12.6. The van der Waals surface area contributed by atoms with Crippen LogP contribution in [0.3, 0.4) is 0 Å². The topological polar surface area (TPSA) is 77.1 Å². The second kappa shape index (κ2) is 7.28. The van der Waals surface area contributed by atoms with E-state index in [0.29, 0.717) is 40.4 Å². The number of hydrogen-bond donors (Lipinski definition) is 1. The zero-order chi connectivity index (χ0) is 24.9. The van der Waals surface area contributed by atoms with Gasteiger partial charge in [0.25, 0.3) is 5.89 Å². The SMILES string of the molecule is Cc1nc2c(o1)[C@@]1(c3ccccc3)COc3c(cccc31)-c1cccc3[nH]c(Cl)c(c13)-c1oc-2nc1Cl. The van der Waals surface area contributed by atoms with E-state index < -0.39 is 5.41 Å². The Labute approximate surface area is 220 Å². The third-order valence-corrected chi connectivity index (χ3v) is 7.92. The van der Waals surface area contributed by atoms with Crippen molar-refractivity contribution >= 4 is 34.1 Å². The molecule has 1 atom stereocenters. The number of rotatable bonds is 1. The second-order valence-corrected chi connectivity index (χ2v) is 10.1. The third-order valence-electron chi connectivity index (χ3n) is 7.38. The van der Waals surface area contributed by atoms with E-state index in [1.54, 1.807) is 0 Å². The molecule has 6 bridgehead atoms. The van der Waals surface area contributed by atoms with Crippen molar-refractivity contribution in [3.8, 4) is 39.8 Å². The molecule has 0 unspecified atom stereocenters. The summed E-state index contributed by atoms with van der Waals surface area (Å²) in [7, 11) is 0. The molecule has 180 valence electrons. The number of aromatic nitrogens is 3. The van der Waals surface area contributed by atoms with Crippen molar-refractivity contribution in [2.24, 2.45) is 0 Å². The maximum absolute atomic E-state index is 6.75. The number of oxazole rings is 2. The minimum absolute atomic E-state index is 0.198. The van der Waals surface area contributed by atoms with Crippen molar-refractivity contribution in [2.45, 2.75) is 12.3 Å². The standard InChI is InChI=1S/C29H17Cl2N3O3/c1-14-32-22-25(36-14)29(15-7-3-2-4-8-15)13-35-23-17(10-5-11-18(23)29)16-9-6-12-19-20(16)21(26(30)33-19)24-27(31)34-28(22)37-24/h2-12,33H,13H2,1H3/t29-/m1/s1. The summed E-state index contributed by atoms with van der Waals surface area (Å²) >= 11 is 13.5. The predicted octanol–water partition coefficient (Wildman–Crippen LogP) is 7.80. The van der Waals surface area contributed by atoms with E-state index in [0.717, 1.165) is 38.9 Å². The van der Waals surface area contributed by atoms with Gasteiger partial charge in [-0.15, -0.1) is 0 Å². The lowest BCUT2D eigenvalue weighted by Gasteiger charge is -2.27. The number of H-pyrrole nitrogens is 1. The average molecular weight is 526 g/mol. The quantitative estimate of drug-likeness (QED) is 0.237. The van der Waals surface area contributed by atoms with Crippen LogP contribution in [0.4, 0.5) is 0 Å². The number of nitrogens with one attached hydrogen (secondary N) is 1. The van der Waals surface area contributed by atoms with Crippen molar-refractivity contribution in [2.75, 3.05) is 6.61 Å². The van der Waals surface area contributed by atoms with E-state index in [2.05, 4.69) is 46.4 Å². The highest BCUT2D eigenvalue weighted by Crippen LogP contribution is 2.55. The Balaban J connectivity index is 1.61. The Hall–Kier alpha value is -4.00. The number of ether oxygens (including phenoxy) is 1. The molecular formula is C29H17Cl2N3O3.